The van der Waals surface area contributed by atoms with Crippen molar-refractivity contribution in [3.63, 3.8) is 0 Å². The molecule has 132 valence electrons. The van der Waals surface area contributed by atoms with Gasteiger partial charge in [0.1, 0.15) is 5.60 Å². The Bertz CT molecular complexity index is 588. The third-order valence-corrected chi connectivity index (χ3v) is 4.47. The van der Waals surface area contributed by atoms with Crippen LogP contribution >= 0.6 is 0 Å². The third-order valence-electron chi connectivity index (χ3n) is 4.47. The van der Waals surface area contributed by atoms with Crippen LogP contribution in [0.25, 0.3) is 0 Å². The van der Waals surface area contributed by atoms with Gasteiger partial charge in [-0.05, 0) is 66.1 Å². The van der Waals surface area contributed by atoms with Crippen molar-refractivity contribution in [3.05, 3.63) is 24.3 Å². The topological polar surface area (TPSA) is 48.0 Å². The van der Waals surface area contributed by atoms with Gasteiger partial charge in [-0.1, -0.05) is 12.1 Å². The summed E-state index contributed by atoms with van der Waals surface area (Å²) in [7, 11) is 1.29. The lowest BCUT2D eigenvalue weighted by molar-refractivity contribution is 0.00578. The summed E-state index contributed by atoms with van der Waals surface area (Å²) < 4.78 is 17.4. The van der Waals surface area contributed by atoms with Crippen molar-refractivity contribution in [2.75, 3.05) is 11.9 Å². The molecule has 24 heavy (non-hydrogen) atoms. The minimum absolute atomic E-state index is 0.371. The first-order valence-electron chi connectivity index (χ1n) is 8.25. The Morgan fingerprint density at radius 1 is 1.04 bits per heavy atom. The van der Waals surface area contributed by atoms with Crippen LogP contribution < -0.4 is 10.4 Å². The van der Waals surface area contributed by atoms with Gasteiger partial charge < -0.3 is 14.0 Å². The SMILES string of the molecule is CN(C(=O)OC(C)(C)C)c1ccc(B2OC(C)(C)C(C)(C)O2)cc1. The Labute approximate surface area is 145 Å². The molecular weight excluding hydrogens is 305 g/mol. The quantitative estimate of drug-likeness (QED) is 0.779. The molecule has 1 aliphatic heterocycles. The predicted octanol–water partition coefficient (Wildman–Crippen LogP) is 3.36. The predicted molar refractivity (Wildman–Crippen MR) is 96.8 cm³/mol. The maximum atomic E-state index is 12.1. The molecule has 0 bridgehead atoms. The highest BCUT2D eigenvalue weighted by atomic mass is 16.7. The van der Waals surface area contributed by atoms with E-state index in [1.807, 2.05) is 72.7 Å². The molecule has 6 heteroatoms. The molecule has 0 N–H and O–H groups in total. The van der Waals surface area contributed by atoms with Gasteiger partial charge >= 0.3 is 13.2 Å². The first-order chi connectivity index (χ1) is 10.8. The first-order valence-corrected chi connectivity index (χ1v) is 8.25. The van der Waals surface area contributed by atoms with E-state index in [9.17, 15) is 4.79 Å². The van der Waals surface area contributed by atoms with Crippen LogP contribution in [0.15, 0.2) is 24.3 Å². The first kappa shape index (κ1) is 18.8. The largest absolute Gasteiger partial charge is 0.494 e. The van der Waals surface area contributed by atoms with Crippen LogP contribution in [-0.4, -0.2) is 37.1 Å². The van der Waals surface area contributed by atoms with E-state index >= 15 is 0 Å². The van der Waals surface area contributed by atoms with E-state index in [4.69, 9.17) is 14.0 Å². The fourth-order valence-corrected chi connectivity index (χ4v) is 2.27. The van der Waals surface area contributed by atoms with E-state index in [0.29, 0.717) is 0 Å². The van der Waals surface area contributed by atoms with Gasteiger partial charge in [0, 0.05) is 12.7 Å². The maximum Gasteiger partial charge on any atom is 0.494 e. The fraction of sp³-hybridized carbons (Fsp3) is 0.611. The number of nitrogens with zero attached hydrogens (tertiary/aromatic N) is 1. The number of hydrogen-bond donors (Lipinski definition) is 0. The highest BCUT2D eigenvalue weighted by Gasteiger charge is 2.51. The van der Waals surface area contributed by atoms with Gasteiger partial charge in [-0.25, -0.2) is 4.79 Å². The molecule has 0 atom stereocenters. The van der Waals surface area contributed by atoms with Crippen molar-refractivity contribution in [2.45, 2.75) is 65.3 Å². The summed E-state index contributed by atoms with van der Waals surface area (Å²) in [6.07, 6.45) is -0.383. The molecule has 1 aromatic carbocycles. The van der Waals surface area contributed by atoms with Crippen LogP contribution in [0.2, 0.25) is 0 Å². The average molecular weight is 333 g/mol. The van der Waals surface area contributed by atoms with Crippen molar-refractivity contribution in [2.24, 2.45) is 0 Å². The van der Waals surface area contributed by atoms with Crippen molar-refractivity contribution in [1.29, 1.82) is 0 Å². The van der Waals surface area contributed by atoms with Crippen molar-refractivity contribution < 1.29 is 18.8 Å². The van der Waals surface area contributed by atoms with Crippen LogP contribution in [0.3, 0.4) is 0 Å². The van der Waals surface area contributed by atoms with E-state index in [1.54, 1.807) is 7.05 Å². The van der Waals surface area contributed by atoms with Crippen LogP contribution in [0.4, 0.5) is 10.5 Å². The highest BCUT2D eigenvalue weighted by Crippen LogP contribution is 2.36. The Balaban J connectivity index is 2.10. The highest BCUT2D eigenvalue weighted by molar-refractivity contribution is 6.62. The molecule has 1 heterocycles. The van der Waals surface area contributed by atoms with Gasteiger partial charge in [-0.2, -0.15) is 0 Å². The summed E-state index contributed by atoms with van der Waals surface area (Å²) in [6, 6.07) is 7.56. The van der Waals surface area contributed by atoms with Gasteiger partial charge in [-0.15, -0.1) is 0 Å². The van der Waals surface area contributed by atoms with Crippen LogP contribution in [0.5, 0.6) is 0 Å². The summed E-state index contributed by atoms with van der Waals surface area (Å²) in [5.74, 6) is 0. The second-order valence-electron chi connectivity index (χ2n) is 8.22. The number of rotatable bonds is 2. The number of amides is 1. The number of benzene rings is 1. The molecule has 0 spiro atoms. The van der Waals surface area contributed by atoms with Crippen molar-refractivity contribution >= 4 is 24.4 Å². The molecular formula is C18H28BNO4. The molecule has 0 saturated carbocycles. The number of anilines is 1. The zero-order valence-corrected chi connectivity index (χ0v) is 16.0. The summed E-state index contributed by atoms with van der Waals surface area (Å²) >= 11 is 0. The molecule has 0 aromatic heterocycles. The zero-order chi connectivity index (χ0) is 18.3. The molecule has 0 aliphatic carbocycles. The van der Waals surface area contributed by atoms with E-state index in [1.165, 1.54) is 4.90 Å². The van der Waals surface area contributed by atoms with E-state index < -0.39 is 12.7 Å². The Kier molecular flexibility index (Phi) is 4.77. The standard InChI is InChI=1S/C18H28BNO4/c1-16(2,3)22-15(21)20(8)14-11-9-13(10-12-14)19-23-17(4,5)18(6,7)24-19/h9-12H,1-8H3. The number of ether oxygens (including phenoxy) is 1. The van der Waals surface area contributed by atoms with Crippen LogP contribution in [-0.2, 0) is 14.0 Å². The summed E-state index contributed by atoms with van der Waals surface area (Å²) in [5, 5.41) is 0. The average Bonchev–Trinajstić information content (AvgIpc) is 2.65. The van der Waals surface area contributed by atoms with Crippen LogP contribution in [0.1, 0.15) is 48.5 Å². The normalized spacial score (nSPS) is 19.2. The zero-order valence-electron chi connectivity index (χ0n) is 16.0. The molecule has 1 aromatic rings. The molecule has 0 unspecified atom stereocenters. The minimum atomic E-state index is -0.520. The number of hydrogen-bond acceptors (Lipinski definition) is 4. The lowest BCUT2D eigenvalue weighted by atomic mass is 9.79. The minimum Gasteiger partial charge on any atom is -0.443 e. The molecule has 5 nitrogen and oxygen atoms in total. The third kappa shape index (κ3) is 3.93. The van der Waals surface area contributed by atoms with Gasteiger partial charge in [0.05, 0.1) is 11.2 Å². The second-order valence-corrected chi connectivity index (χ2v) is 8.22. The molecule has 1 amide bonds. The van der Waals surface area contributed by atoms with Gasteiger partial charge in [0.2, 0.25) is 0 Å². The number of carbonyl (C=O) groups excluding carboxylic acids is 1. The smallest absolute Gasteiger partial charge is 0.443 e. The summed E-state index contributed by atoms with van der Waals surface area (Å²) in [6.45, 7) is 13.6. The van der Waals surface area contributed by atoms with E-state index in [2.05, 4.69) is 0 Å². The molecule has 1 fully saturated rings. The summed E-state index contributed by atoms with van der Waals surface area (Å²) in [5.41, 5.74) is 0.417. The molecule has 1 saturated heterocycles. The molecule has 0 radical (unpaired) electrons. The summed E-state index contributed by atoms with van der Waals surface area (Å²) in [4.78, 5) is 13.6. The van der Waals surface area contributed by atoms with Crippen molar-refractivity contribution in [3.8, 4) is 0 Å². The maximum absolute atomic E-state index is 12.1. The lowest BCUT2D eigenvalue weighted by Gasteiger charge is -2.32. The van der Waals surface area contributed by atoms with E-state index in [-0.39, 0.29) is 17.3 Å². The Morgan fingerprint density at radius 2 is 1.50 bits per heavy atom. The van der Waals surface area contributed by atoms with Gasteiger partial charge in [0.25, 0.3) is 0 Å². The van der Waals surface area contributed by atoms with E-state index in [0.717, 1.165) is 11.2 Å². The van der Waals surface area contributed by atoms with Gasteiger partial charge in [-0.3, -0.25) is 4.90 Å². The van der Waals surface area contributed by atoms with Gasteiger partial charge in [0.15, 0.2) is 0 Å². The molecule has 1 aliphatic rings. The number of carbonyl (C=O) groups is 1. The fourth-order valence-electron chi connectivity index (χ4n) is 2.27. The second kappa shape index (κ2) is 6.08. The Hall–Kier alpha value is -1.53. The Morgan fingerprint density at radius 3 is 1.92 bits per heavy atom. The monoisotopic (exact) mass is 333 g/mol. The van der Waals surface area contributed by atoms with Crippen molar-refractivity contribution in [1.82, 2.24) is 0 Å². The van der Waals surface area contributed by atoms with Crippen LogP contribution in [0, 0.1) is 0 Å². The lowest BCUT2D eigenvalue weighted by Crippen LogP contribution is -2.41. The molecule has 2 rings (SSSR count).